The van der Waals surface area contributed by atoms with Crippen LogP contribution >= 0.6 is 0 Å². The van der Waals surface area contributed by atoms with Crippen molar-refractivity contribution in [3.8, 4) is 0 Å². The van der Waals surface area contributed by atoms with Crippen LogP contribution in [-0.2, 0) is 22.5 Å². The van der Waals surface area contributed by atoms with Gasteiger partial charge in [0.05, 0.1) is 19.1 Å². The van der Waals surface area contributed by atoms with Gasteiger partial charge in [-0.25, -0.2) is 4.79 Å². The number of nitrogens with two attached hydrogens (primary N) is 1. The van der Waals surface area contributed by atoms with Gasteiger partial charge in [-0.05, 0) is 35.4 Å². The van der Waals surface area contributed by atoms with Crippen LogP contribution in [-0.4, -0.2) is 19.0 Å². The van der Waals surface area contributed by atoms with Gasteiger partial charge in [-0.2, -0.15) is 0 Å². The van der Waals surface area contributed by atoms with E-state index in [0.717, 1.165) is 11.1 Å². The number of rotatable bonds is 5. The maximum Gasteiger partial charge on any atom is 0.337 e. The molecule has 0 aliphatic rings. The zero-order valence-corrected chi connectivity index (χ0v) is 12.3. The van der Waals surface area contributed by atoms with Gasteiger partial charge in [0.1, 0.15) is 0 Å². The number of esters is 1. The Morgan fingerprint density at radius 2 is 1.59 bits per heavy atom. The summed E-state index contributed by atoms with van der Waals surface area (Å²) in [6, 6.07) is 14.1. The third-order valence-electron chi connectivity index (χ3n) is 3.21. The fourth-order valence-corrected chi connectivity index (χ4v) is 1.96. The number of carbonyl (C=O) groups is 2. The average molecular weight is 298 g/mol. The summed E-state index contributed by atoms with van der Waals surface area (Å²) in [5.41, 5.74) is 8.59. The largest absolute Gasteiger partial charge is 0.465 e. The van der Waals surface area contributed by atoms with E-state index in [1.807, 2.05) is 12.1 Å². The topological polar surface area (TPSA) is 81.4 Å². The molecule has 0 aliphatic heterocycles. The molecule has 0 unspecified atom stereocenters. The van der Waals surface area contributed by atoms with E-state index in [1.54, 1.807) is 36.4 Å². The Labute approximate surface area is 129 Å². The predicted molar refractivity (Wildman–Crippen MR) is 84.2 cm³/mol. The fraction of sp³-hybridized carbons (Fsp3) is 0.176. The summed E-state index contributed by atoms with van der Waals surface area (Å²) in [6.07, 6.45) is 0.306. The van der Waals surface area contributed by atoms with Crippen molar-refractivity contribution in [3.05, 3.63) is 65.2 Å². The molecule has 0 aromatic heterocycles. The predicted octanol–water partition coefficient (Wildman–Crippen LogP) is 1.91. The highest BCUT2D eigenvalue weighted by atomic mass is 16.5. The summed E-state index contributed by atoms with van der Waals surface area (Å²) in [4.78, 5) is 23.2. The Hall–Kier alpha value is -2.82. The summed E-state index contributed by atoms with van der Waals surface area (Å²) in [6.45, 7) is 0.412. The molecule has 0 atom stereocenters. The van der Waals surface area contributed by atoms with E-state index < -0.39 is 0 Å². The molecule has 0 fully saturated rings. The van der Waals surface area contributed by atoms with Crippen molar-refractivity contribution in [1.82, 2.24) is 5.32 Å². The van der Waals surface area contributed by atoms with E-state index in [-0.39, 0.29) is 11.9 Å². The van der Waals surface area contributed by atoms with Crippen LogP contribution in [0.3, 0.4) is 0 Å². The van der Waals surface area contributed by atoms with Gasteiger partial charge in [0.25, 0.3) is 0 Å². The van der Waals surface area contributed by atoms with Crippen LogP contribution < -0.4 is 11.1 Å². The molecule has 5 nitrogen and oxygen atoms in total. The third kappa shape index (κ3) is 4.34. The number of amides is 1. The van der Waals surface area contributed by atoms with Gasteiger partial charge in [0, 0.05) is 12.2 Å². The molecule has 0 spiro atoms. The monoisotopic (exact) mass is 298 g/mol. The van der Waals surface area contributed by atoms with Crippen molar-refractivity contribution in [3.63, 3.8) is 0 Å². The molecule has 0 aliphatic carbocycles. The maximum absolute atomic E-state index is 11.9. The number of anilines is 1. The smallest absolute Gasteiger partial charge is 0.337 e. The molecule has 22 heavy (non-hydrogen) atoms. The molecule has 0 heterocycles. The Morgan fingerprint density at radius 3 is 2.18 bits per heavy atom. The van der Waals surface area contributed by atoms with Crippen LogP contribution in [0.2, 0.25) is 0 Å². The van der Waals surface area contributed by atoms with E-state index in [9.17, 15) is 9.59 Å². The molecule has 0 saturated carbocycles. The van der Waals surface area contributed by atoms with Crippen LogP contribution in [0.5, 0.6) is 0 Å². The lowest BCUT2D eigenvalue weighted by Crippen LogP contribution is -2.24. The summed E-state index contributed by atoms with van der Waals surface area (Å²) in [7, 11) is 1.34. The minimum Gasteiger partial charge on any atom is -0.465 e. The van der Waals surface area contributed by atoms with Gasteiger partial charge >= 0.3 is 5.97 Å². The molecule has 0 radical (unpaired) electrons. The van der Waals surface area contributed by atoms with E-state index in [1.165, 1.54) is 7.11 Å². The van der Waals surface area contributed by atoms with Crippen LogP contribution in [0.4, 0.5) is 5.69 Å². The number of ether oxygens (including phenoxy) is 1. The Balaban J connectivity index is 1.85. The molecule has 2 aromatic rings. The van der Waals surface area contributed by atoms with Gasteiger partial charge < -0.3 is 15.8 Å². The van der Waals surface area contributed by atoms with Gasteiger partial charge in [0.2, 0.25) is 5.91 Å². The molecule has 2 rings (SSSR count). The molecule has 114 valence electrons. The van der Waals surface area contributed by atoms with Gasteiger partial charge in [0.15, 0.2) is 0 Å². The van der Waals surface area contributed by atoms with E-state index >= 15 is 0 Å². The zero-order chi connectivity index (χ0) is 15.9. The first-order chi connectivity index (χ1) is 10.6. The van der Waals surface area contributed by atoms with Crippen molar-refractivity contribution >= 4 is 17.6 Å². The first-order valence-corrected chi connectivity index (χ1v) is 6.87. The minimum absolute atomic E-state index is 0.0678. The molecule has 3 N–H and O–H groups in total. The van der Waals surface area contributed by atoms with Crippen molar-refractivity contribution in [2.75, 3.05) is 12.8 Å². The first-order valence-electron chi connectivity index (χ1n) is 6.87. The second kappa shape index (κ2) is 7.26. The Bertz CT molecular complexity index is 649. The lowest BCUT2D eigenvalue weighted by Gasteiger charge is -2.06. The van der Waals surface area contributed by atoms with Gasteiger partial charge in [-0.1, -0.05) is 24.3 Å². The number of hydrogen-bond donors (Lipinski definition) is 2. The van der Waals surface area contributed by atoms with Crippen molar-refractivity contribution in [2.24, 2.45) is 0 Å². The van der Waals surface area contributed by atoms with Crippen LogP contribution in [0.25, 0.3) is 0 Å². The van der Waals surface area contributed by atoms with Crippen molar-refractivity contribution in [1.29, 1.82) is 0 Å². The minimum atomic E-state index is -0.376. The Morgan fingerprint density at radius 1 is 1.00 bits per heavy atom. The average Bonchev–Trinajstić information content (AvgIpc) is 2.55. The highest BCUT2D eigenvalue weighted by Gasteiger charge is 2.06. The summed E-state index contributed by atoms with van der Waals surface area (Å²) in [5.74, 6) is -0.444. The third-order valence-corrected chi connectivity index (χ3v) is 3.21. The highest BCUT2D eigenvalue weighted by Crippen LogP contribution is 2.07. The molecule has 0 saturated heterocycles. The maximum atomic E-state index is 11.9. The molecule has 2 aromatic carbocycles. The normalized spacial score (nSPS) is 10.0. The molecule has 1 amide bonds. The Kier molecular flexibility index (Phi) is 5.14. The molecular formula is C17H18N2O3. The van der Waals surface area contributed by atoms with Gasteiger partial charge in [-0.3, -0.25) is 4.79 Å². The standard InChI is InChI=1S/C17H18N2O3/c1-22-17(21)14-6-2-13(3-7-14)11-19-16(20)10-12-4-8-15(18)9-5-12/h2-9H,10-11,18H2,1H3,(H,19,20). The molecular weight excluding hydrogens is 280 g/mol. The summed E-state index contributed by atoms with van der Waals surface area (Å²) < 4.78 is 4.63. The SMILES string of the molecule is COC(=O)c1ccc(CNC(=O)Cc2ccc(N)cc2)cc1. The van der Waals surface area contributed by atoms with Crippen LogP contribution in [0, 0.1) is 0 Å². The number of carbonyl (C=O) groups excluding carboxylic acids is 2. The second-order valence-electron chi connectivity index (χ2n) is 4.88. The quantitative estimate of drug-likeness (QED) is 0.652. The summed E-state index contributed by atoms with van der Waals surface area (Å²) >= 11 is 0. The zero-order valence-electron chi connectivity index (χ0n) is 12.3. The molecule has 0 bridgehead atoms. The highest BCUT2D eigenvalue weighted by molar-refractivity contribution is 5.89. The number of benzene rings is 2. The fourth-order valence-electron chi connectivity index (χ4n) is 1.96. The molecule has 5 heteroatoms. The van der Waals surface area contributed by atoms with Crippen molar-refractivity contribution < 1.29 is 14.3 Å². The van der Waals surface area contributed by atoms with Crippen molar-refractivity contribution in [2.45, 2.75) is 13.0 Å². The second-order valence-corrected chi connectivity index (χ2v) is 4.88. The van der Waals surface area contributed by atoms with Crippen LogP contribution in [0.1, 0.15) is 21.5 Å². The van der Waals surface area contributed by atoms with Crippen LogP contribution in [0.15, 0.2) is 48.5 Å². The van der Waals surface area contributed by atoms with E-state index in [0.29, 0.717) is 24.2 Å². The lowest BCUT2D eigenvalue weighted by molar-refractivity contribution is -0.120. The number of nitrogen functional groups attached to an aromatic ring is 1. The van der Waals surface area contributed by atoms with Gasteiger partial charge in [-0.15, -0.1) is 0 Å². The number of methoxy groups -OCH3 is 1. The number of hydrogen-bond acceptors (Lipinski definition) is 4. The lowest BCUT2D eigenvalue weighted by atomic mass is 10.1. The first kappa shape index (κ1) is 15.6. The summed E-state index contributed by atoms with van der Waals surface area (Å²) in [5, 5.41) is 2.84. The van der Waals surface area contributed by atoms with E-state index in [4.69, 9.17) is 5.73 Å². The van der Waals surface area contributed by atoms with E-state index in [2.05, 4.69) is 10.1 Å². The number of nitrogens with one attached hydrogen (secondary N) is 1.